The van der Waals surface area contributed by atoms with Gasteiger partial charge in [0.25, 0.3) is 0 Å². The first-order chi connectivity index (χ1) is 8.64. The Kier molecular flexibility index (Phi) is 2.24. The summed E-state index contributed by atoms with van der Waals surface area (Å²) in [5.41, 5.74) is -0.776. The summed E-state index contributed by atoms with van der Waals surface area (Å²) in [4.78, 5) is 0. The third-order valence-electron chi connectivity index (χ3n) is 5.94. The molecule has 1 unspecified atom stereocenters. The Balaban J connectivity index is 1.65. The fourth-order valence-electron chi connectivity index (χ4n) is 5.70. The minimum Gasteiger partial charge on any atom is -0.512 e. The largest absolute Gasteiger partial charge is 0.512 e. The number of aliphatic hydroxyl groups is 2. The molecule has 4 bridgehead atoms. The van der Waals surface area contributed by atoms with Crippen molar-refractivity contribution in [2.24, 2.45) is 29.6 Å². The van der Waals surface area contributed by atoms with Crippen molar-refractivity contribution in [2.75, 3.05) is 0 Å². The van der Waals surface area contributed by atoms with Crippen LogP contribution in [0.5, 0.6) is 0 Å². The molecule has 5 rings (SSSR count). The minimum absolute atomic E-state index is 0.341. The second-order valence-corrected chi connectivity index (χ2v) is 7.14. The van der Waals surface area contributed by atoms with Crippen LogP contribution in [0.15, 0.2) is 24.0 Å². The summed E-state index contributed by atoms with van der Waals surface area (Å²) in [6.45, 7) is 0. The van der Waals surface area contributed by atoms with Crippen LogP contribution in [0.1, 0.15) is 38.5 Å². The summed E-state index contributed by atoms with van der Waals surface area (Å²) >= 11 is 0. The van der Waals surface area contributed by atoms with Crippen molar-refractivity contribution in [3.8, 4) is 0 Å². The molecule has 18 heavy (non-hydrogen) atoms. The maximum atomic E-state index is 11.0. The predicted octanol–water partition coefficient (Wildman–Crippen LogP) is 3.19. The van der Waals surface area contributed by atoms with Crippen molar-refractivity contribution in [3.63, 3.8) is 0 Å². The zero-order valence-electron chi connectivity index (χ0n) is 10.8. The third-order valence-corrected chi connectivity index (χ3v) is 5.94. The lowest BCUT2D eigenvalue weighted by atomic mass is 9.48. The molecule has 0 aromatic carbocycles. The van der Waals surface area contributed by atoms with E-state index in [1.807, 2.05) is 12.2 Å². The number of hydrogen-bond donors (Lipinski definition) is 2. The van der Waals surface area contributed by atoms with Gasteiger partial charge in [-0.2, -0.15) is 0 Å². The van der Waals surface area contributed by atoms with Crippen LogP contribution in [0.25, 0.3) is 0 Å². The van der Waals surface area contributed by atoms with Gasteiger partial charge in [0, 0.05) is 6.42 Å². The van der Waals surface area contributed by atoms with E-state index in [1.165, 1.54) is 32.1 Å². The quantitative estimate of drug-likeness (QED) is 0.746. The average Bonchev–Trinajstić information content (AvgIpc) is 2.26. The molecule has 5 aliphatic rings. The lowest BCUT2D eigenvalue weighted by Crippen LogP contribution is -2.54. The maximum absolute atomic E-state index is 11.0. The molecule has 4 fully saturated rings. The van der Waals surface area contributed by atoms with Crippen LogP contribution in [0.4, 0.5) is 0 Å². The van der Waals surface area contributed by atoms with Gasteiger partial charge in [0.2, 0.25) is 0 Å². The van der Waals surface area contributed by atoms with Gasteiger partial charge in [-0.15, -0.1) is 0 Å². The van der Waals surface area contributed by atoms with Crippen molar-refractivity contribution >= 4 is 0 Å². The van der Waals surface area contributed by atoms with Crippen LogP contribution in [0.3, 0.4) is 0 Å². The van der Waals surface area contributed by atoms with Crippen molar-refractivity contribution in [2.45, 2.75) is 44.1 Å². The van der Waals surface area contributed by atoms with Crippen LogP contribution in [-0.4, -0.2) is 15.8 Å². The lowest BCUT2D eigenvalue weighted by molar-refractivity contribution is -0.123. The van der Waals surface area contributed by atoms with E-state index in [4.69, 9.17) is 0 Å². The van der Waals surface area contributed by atoms with E-state index in [0.29, 0.717) is 29.9 Å². The van der Waals surface area contributed by atoms with Crippen LogP contribution in [-0.2, 0) is 0 Å². The summed E-state index contributed by atoms with van der Waals surface area (Å²) in [5.74, 6) is 3.99. The summed E-state index contributed by atoms with van der Waals surface area (Å²) in [7, 11) is 0. The van der Waals surface area contributed by atoms with E-state index >= 15 is 0 Å². The van der Waals surface area contributed by atoms with E-state index in [-0.39, 0.29) is 0 Å². The summed E-state index contributed by atoms with van der Waals surface area (Å²) in [6.07, 6.45) is 12.6. The molecule has 0 saturated heterocycles. The second-order valence-electron chi connectivity index (χ2n) is 7.14. The first-order valence-corrected chi connectivity index (χ1v) is 7.44. The molecule has 0 radical (unpaired) electrons. The van der Waals surface area contributed by atoms with Crippen LogP contribution in [0, 0.1) is 29.6 Å². The van der Waals surface area contributed by atoms with Crippen LogP contribution < -0.4 is 0 Å². The molecule has 0 aromatic heterocycles. The molecule has 5 aliphatic carbocycles. The maximum Gasteiger partial charge on any atom is 0.0954 e. The van der Waals surface area contributed by atoms with Gasteiger partial charge in [0.05, 0.1) is 11.4 Å². The highest BCUT2D eigenvalue weighted by Gasteiger charge is 2.54. The molecule has 4 saturated carbocycles. The Labute approximate surface area is 108 Å². The number of aliphatic hydroxyl groups excluding tert-OH is 1. The number of allylic oxidation sites excluding steroid dienone is 2. The van der Waals surface area contributed by atoms with Crippen molar-refractivity contribution < 1.29 is 10.2 Å². The Morgan fingerprint density at radius 2 is 1.61 bits per heavy atom. The van der Waals surface area contributed by atoms with Gasteiger partial charge in [-0.3, -0.25) is 0 Å². The molecule has 2 N–H and O–H groups in total. The average molecular weight is 246 g/mol. The molecule has 2 nitrogen and oxygen atoms in total. The summed E-state index contributed by atoms with van der Waals surface area (Å²) in [5, 5.41) is 20.7. The van der Waals surface area contributed by atoms with Crippen molar-refractivity contribution in [1.29, 1.82) is 0 Å². The first kappa shape index (κ1) is 11.1. The smallest absolute Gasteiger partial charge is 0.0954 e. The normalized spacial score (nSPS) is 53.6. The molecule has 0 amide bonds. The van der Waals surface area contributed by atoms with Crippen LogP contribution >= 0.6 is 0 Å². The van der Waals surface area contributed by atoms with Crippen molar-refractivity contribution in [3.05, 3.63) is 24.0 Å². The highest BCUT2D eigenvalue weighted by molar-refractivity contribution is 5.24. The molecule has 0 aliphatic heterocycles. The zero-order valence-corrected chi connectivity index (χ0v) is 10.8. The molecular weight excluding hydrogens is 224 g/mol. The molecular formula is C16H22O2. The Bertz CT molecular complexity index is 395. The van der Waals surface area contributed by atoms with Crippen LogP contribution in [0.2, 0.25) is 0 Å². The monoisotopic (exact) mass is 246 g/mol. The van der Waals surface area contributed by atoms with E-state index in [2.05, 4.69) is 0 Å². The number of rotatable bonds is 1. The van der Waals surface area contributed by atoms with Gasteiger partial charge < -0.3 is 10.2 Å². The van der Waals surface area contributed by atoms with E-state index in [9.17, 15) is 10.2 Å². The highest BCUT2D eigenvalue weighted by Crippen LogP contribution is 2.60. The van der Waals surface area contributed by atoms with E-state index < -0.39 is 5.60 Å². The fourth-order valence-corrected chi connectivity index (χ4v) is 5.70. The Hall–Kier alpha value is -0.760. The van der Waals surface area contributed by atoms with Gasteiger partial charge in [-0.1, -0.05) is 12.2 Å². The Morgan fingerprint density at radius 3 is 2.17 bits per heavy atom. The first-order valence-electron chi connectivity index (χ1n) is 7.44. The minimum atomic E-state index is -0.776. The fraction of sp³-hybridized carbons (Fsp3) is 0.750. The summed E-state index contributed by atoms with van der Waals surface area (Å²) in [6, 6.07) is 0. The third kappa shape index (κ3) is 1.51. The van der Waals surface area contributed by atoms with Gasteiger partial charge >= 0.3 is 0 Å². The lowest BCUT2D eigenvalue weighted by Gasteiger charge is -2.58. The molecule has 1 atom stereocenters. The van der Waals surface area contributed by atoms with Gasteiger partial charge in [-0.05, 0) is 67.8 Å². The molecule has 98 valence electrons. The highest BCUT2D eigenvalue weighted by atomic mass is 16.3. The van der Waals surface area contributed by atoms with Gasteiger partial charge in [0.1, 0.15) is 0 Å². The van der Waals surface area contributed by atoms with Crippen molar-refractivity contribution in [1.82, 2.24) is 0 Å². The molecule has 2 heteroatoms. The van der Waals surface area contributed by atoms with Gasteiger partial charge in [0.15, 0.2) is 0 Å². The second kappa shape index (κ2) is 3.63. The molecule has 0 heterocycles. The SMILES string of the molecule is OC1=CC=CC(O)(C2C3CC4CC(C3)CC2C4)C1. The predicted molar refractivity (Wildman–Crippen MR) is 70.0 cm³/mol. The summed E-state index contributed by atoms with van der Waals surface area (Å²) < 4.78 is 0. The number of hydrogen-bond acceptors (Lipinski definition) is 2. The topological polar surface area (TPSA) is 40.5 Å². The standard InChI is InChI=1S/C16H22O2/c17-14-2-1-3-16(18,9-14)15-12-5-10-4-11(7-12)8-13(15)6-10/h1-3,10-13,15,17-18H,4-9H2. The zero-order chi connectivity index (χ0) is 12.3. The van der Waals surface area contributed by atoms with E-state index in [0.717, 1.165) is 11.8 Å². The van der Waals surface area contributed by atoms with E-state index in [1.54, 1.807) is 6.08 Å². The Morgan fingerprint density at radius 1 is 1.00 bits per heavy atom. The molecule has 0 spiro atoms. The van der Waals surface area contributed by atoms with Gasteiger partial charge in [-0.25, -0.2) is 0 Å². The molecule has 0 aromatic rings.